The second-order valence-electron chi connectivity index (χ2n) is 6.54. The molecule has 0 aliphatic carbocycles. The first-order chi connectivity index (χ1) is 14.0. The normalized spacial score (nSPS) is 10.8. The molecule has 0 aliphatic rings. The minimum atomic E-state index is -1.34. The van der Waals surface area contributed by atoms with Crippen LogP contribution in [0, 0.1) is 11.6 Å². The molecule has 0 heterocycles. The molecule has 0 saturated carbocycles. The van der Waals surface area contributed by atoms with Crippen molar-refractivity contribution in [3.63, 3.8) is 0 Å². The molecule has 3 aromatic rings. The first kappa shape index (κ1) is 22.3. The van der Waals surface area contributed by atoms with Gasteiger partial charge >= 0.3 is 0 Å². The number of carbonyl (C=O) groups excluding carboxylic acids is 1. The van der Waals surface area contributed by atoms with E-state index in [2.05, 4.69) is 6.92 Å². The standard InChI is InChI=1S/C23H21F2NO.C2H6/c1-2-5-16-6-3-4-7-21(16)23(22(26)27,17-8-12-19(24)13-9-17)18-10-14-20(25)15-11-18;1-2/h3-4,6-15H,2,5H2,1H3,(H2,26,27);1-2H3. The zero-order chi connectivity index (χ0) is 21.4. The maximum Gasteiger partial charge on any atom is 0.237 e. The Labute approximate surface area is 171 Å². The Bertz CT molecular complexity index is 888. The summed E-state index contributed by atoms with van der Waals surface area (Å²) in [7, 11) is 0. The third kappa shape index (κ3) is 4.37. The van der Waals surface area contributed by atoms with E-state index in [-0.39, 0.29) is 0 Å². The number of primary amides is 1. The van der Waals surface area contributed by atoms with Crippen LogP contribution in [0.5, 0.6) is 0 Å². The number of benzene rings is 3. The van der Waals surface area contributed by atoms with Crippen molar-refractivity contribution in [3.8, 4) is 0 Å². The minimum Gasteiger partial charge on any atom is -0.368 e. The Kier molecular flexibility index (Phi) is 7.66. The van der Waals surface area contributed by atoms with Crippen LogP contribution in [0.25, 0.3) is 0 Å². The molecular weight excluding hydrogens is 368 g/mol. The Morgan fingerprint density at radius 3 is 1.69 bits per heavy atom. The van der Waals surface area contributed by atoms with E-state index in [1.165, 1.54) is 24.3 Å². The summed E-state index contributed by atoms with van der Waals surface area (Å²) in [5.41, 5.74) is 7.45. The van der Waals surface area contributed by atoms with Gasteiger partial charge < -0.3 is 5.73 Å². The second-order valence-corrected chi connectivity index (χ2v) is 6.54. The predicted molar refractivity (Wildman–Crippen MR) is 114 cm³/mol. The zero-order valence-corrected chi connectivity index (χ0v) is 17.1. The van der Waals surface area contributed by atoms with Gasteiger partial charge in [0, 0.05) is 0 Å². The van der Waals surface area contributed by atoms with E-state index >= 15 is 0 Å². The Morgan fingerprint density at radius 1 is 0.828 bits per heavy atom. The van der Waals surface area contributed by atoms with Crippen LogP contribution >= 0.6 is 0 Å². The van der Waals surface area contributed by atoms with Crippen molar-refractivity contribution in [2.45, 2.75) is 39.0 Å². The highest BCUT2D eigenvalue weighted by Crippen LogP contribution is 2.41. The molecule has 0 aromatic heterocycles. The largest absolute Gasteiger partial charge is 0.368 e. The summed E-state index contributed by atoms with van der Waals surface area (Å²) in [5, 5.41) is 0. The Hall–Kier alpha value is -3.01. The lowest BCUT2D eigenvalue weighted by Crippen LogP contribution is -2.44. The molecule has 2 N–H and O–H groups in total. The van der Waals surface area contributed by atoms with E-state index in [0.717, 1.165) is 24.0 Å². The molecule has 4 heteroatoms. The topological polar surface area (TPSA) is 43.1 Å². The van der Waals surface area contributed by atoms with E-state index in [4.69, 9.17) is 5.73 Å². The van der Waals surface area contributed by atoms with Crippen LogP contribution < -0.4 is 5.73 Å². The molecule has 3 rings (SSSR count). The average Bonchev–Trinajstić information content (AvgIpc) is 2.73. The molecule has 0 fully saturated rings. The second kappa shape index (κ2) is 9.97. The summed E-state index contributed by atoms with van der Waals surface area (Å²) in [6.45, 7) is 6.05. The van der Waals surface area contributed by atoms with Gasteiger partial charge in [0.15, 0.2) is 0 Å². The molecule has 0 radical (unpaired) electrons. The van der Waals surface area contributed by atoms with Crippen LogP contribution in [0.15, 0.2) is 72.8 Å². The number of carbonyl (C=O) groups is 1. The van der Waals surface area contributed by atoms with Crippen LogP contribution in [0.1, 0.15) is 49.4 Å². The third-order valence-electron chi connectivity index (χ3n) is 4.86. The molecule has 3 aromatic carbocycles. The highest BCUT2D eigenvalue weighted by atomic mass is 19.1. The van der Waals surface area contributed by atoms with Gasteiger partial charge in [0.25, 0.3) is 0 Å². The zero-order valence-electron chi connectivity index (χ0n) is 17.1. The van der Waals surface area contributed by atoms with E-state index in [9.17, 15) is 13.6 Å². The average molecular weight is 395 g/mol. The van der Waals surface area contributed by atoms with Crippen LogP contribution in [-0.4, -0.2) is 5.91 Å². The summed E-state index contributed by atoms with van der Waals surface area (Å²) >= 11 is 0. The summed E-state index contributed by atoms with van der Waals surface area (Å²) in [5.74, 6) is -1.40. The monoisotopic (exact) mass is 395 g/mol. The van der Waals surface area contributed by atoms with E-state index in [1.807, 2.05) is 38.1 Å². The lowest BCUT2D eigenvalue weighted by molar-refractivity contribution is -0.121. The van der Waals surface area contributed by atoms with Crippen molar-refractivity contribution >= 4 is 5.91 Å². The third-order valence-corrected chi connectivity index (χ3v) is 4.86. The molecule has 0 unspecified atom stereocenters. The fourth-order valence-electron chi connectivity index (χ4n) is 3.67. The molecule has 0 spiro atoms. The lowest BCUT2D eigenvalue weighted by Gasteiger charge is -2.34. The number of aryl methyl sites for hydroxylation is 1. The van der Waals surface area contributed by atoms with Crippen molar-refractivity contribution in [1.29, 1.82) is 0 Å². The van der Waals surface area contributed by atoms with Gasteiger partial charge in [-0.05, 0) is 52.9 Å². The van der Waals surface area contributed by atoms with Gasteiger partial charge in [-0.2, -0.15) is 0 Å². The van der Waals surface area contributed by atoms with Gasteiger partial charge in [0.05, 0.1) is 0 Å². The summed E-state index contributed by atoms with van der Waals surface area (Å²) in [6, 6.07) is 19.0. The first-order valence-corrected chi connectivity index (χ1v) is 9.90. The first-order valence-electron chi connectivity index (χ1n) is 9.90. The SMILES string of the molecule is CC.CCCc1ccccc1C(C(N)=O)(c1ccc(F)cc1)c1ccc(F)cc1. The number of rotatable bonds is 6. The highest BCUT2D eigenvalue weighted by molar-refractivity contribution is 5.95. The minimum absolute atomic E-state index is 0.405. The quantitative estimate of drug-likeness (QED) is 0.530. The van der Waals surface area contributed by atoms with Gasteiger partial charge in [-0.3, -0.25) is 4.79 Å². The number of hydrogen-bond donors (Lipinski definition) is 1. The highest BCUT2D eigenvalue weighted by Gasteiger charge is 2.43. The smallest absolute Gasteiger partial charge is 0.237 e. The van der Waals surface area contributed by atoms with Crippen molar-refractivity contribution in [2.75, 3.05) is 0 Å². The van der Waals surface area contributed by atoms with Gasteiger partial charge in [0.1, 0.15) is 17.0 Å². The predicted octanol–water partition coefficient (Wildman–Crippen LogP) is 5.76. The molecule has 152 valence electrons. The van der Waals surface area contributed by atoms with Crippen LogP contribution in [-0.2, 0) is 16.6 Å². The maximum atomic E-state index is 13.6. The van der Waals surface area contributed by atoms with Crippen LogP contribution in [0.4, 0.5) is 8.78 Å². The van der Waals surface area contributed by atoms with E-state index in [0.29, 0.717) is 11.1 Å². The summed E-state index contributed by atoms with van der Waals surface area (Å²) < 4.78 is 27.1. The van der Waals surface area contributed by atoms with Crippen molar-refractivity contribution < 1.29 is 13.6 Å². The van der Waals surface area contributed by atoms with Gasteiger partial charge in [0.2, 0.25) is 5.91 Å². The molecule has 2 nitrogen and oxygen atoms in total. The molecule has 1 amide bonds. The van der Waals surface area contributed by atoms with Gasteiger partial charge in [-0.1, -0.05) is 75.7 Å². The van der Waals surface area contributed by atoms with Gasteiger partial charge in [-0.15, -0.1) is 0 Å². The van der Waals surface area contributed by atoms with Crippen molar-refractivity contribution in [1.82, 2.24) is 0 Å². The number of nitrogens with two attached hydrogens (primary N) is 1. The Morgan fingerprint density at radius 2 is 1.28 bits per heavy atom. The van der Waals surface area contributed by atoms with Crippen molar-refractivity contribution in [2.24, 2.45) is 5.73 Å². The summed E-state index contributed by atoms with van der Waals surface area (Å²) in [4.78, 5) is 13.0. The molecule has 0 aliphatic heterocycles. The summed E-state index contributed by atoms with van der Waals surface area (Å²) in [6.07, 6.45) is 1.65. The van der Waals surface area contributed by atoms with E-state index in [1.54, 1.807) is 24.3 Å². The lowest BCUT2D eigenvalue weighted by atomic mass is 9.67. The van der Waals surface area contributed by atoms with Crippen molar-refractivity contribution in [3.05, 3.63) is 107 Å². The molecule has 29 heavy (non-hydrogen) atoms. The fourth-order valence-corrected chi connectivity index (χ4v) is 3.67. The van der Waals surface area contributed by atoms with Gasteiger partial charge in [-0.25, -0.2) is 8.78 Å². The van der Waals surface area contributed by atoms with E-state index < -0.39 is 23.0 Å². The van der Waals surface area contributed by atoms with Crippen LogP contribution in [0.3, 0.4) is 0 Å². The molecule has 0 bridgehead atoms. The molecule has 0 atom stereocenters. The molecule has 0 saturated heterocycles. The maximum absolute atomic E-state index is 13.6. The number of halogens is 2. The Balaban J connectivity index is 0.00000145. The fraction of sp³-hybridized carbons (Fsp3) is 0.240. The number of hydrogen-bond acceptors (Lipinski definition) is 1. The number of amides is 1. The molecular formula is C25H27F2NO. The van der Waals surface area contributed by atoms with Crippen LogP contribution in [0.2, 0.25) is 0 Å².